The van der Waals surface area contributed by atoms with Gasteiger partial charge in [0.1, 0.15) is 0 Å². The summed E-state index contributed by atoms with van der Waals surface area (Å²) in [6, 6.07) is 6.60. The molecule has 0 saturated carbocycles. The first-order valence-corrected chi connectivity index (χ1v) is 8.03. The minimum Gasteiger partial charge on any atom is -0.329 e. The molecule has 0 aliphatic carbocycles. The minimum absolute atomic E-state index is 0.232. The van der Waals surface area contributed by atoms with Gasteiger partial charge in [0, 0.05) is 36.7 Å². The van der Waals surface area contributed by atoms with E-state index in [1.807, 2.05) is 30.0 Å². The van der Waals surface area contributed by atoms with Gasteiger partial charge in [-0.15, -0.1) is 0 Å². The highest BCUT2D eigenvalue weighted by Gasteiger charge is 2.26. The Kier molecular flexibility index (Phi) is 5.22. The van der Waals surface area contributed by atoms with Crippen LogP contribution in [-0.2, 0) is 0 Å². The molecule has 5 heteroatoms. The van der Waals surface area contributed by atoms with Crippen molar-refractivity contribution in [3.05, 3.63) is 33.8 Å². The Morgan fingerprint density at radius 1 is 1.44 bits per heavy atom. The van der Waals surface area contributed by atoms with Gasteiger partial charge in [-0.2, -0.15) is 11.8 Å². The maximum Gasteiger partial charge on any atom is 0.0595 e. The standard InChI is InChI=1S/C13H18Cl2N2S/c1-9-8-18-5-4-17(9)13(7-16)10-2-3-11(14)12(15)6-10/h2-3,6,9,13H,4-5,7-8,16H2,1H3. The third-order valence-corrected chi connectivity index (χ3v) is 5.30. The van der Waals surface area contributed by atoms with E-state index in [2.05, 4.69) is 11.8 Å². The minimum atomic E-state index is 0.232. The quantitative estimate of drug-likeness (QED) is 0.927. The van der Waals surface area contributed by atoms with Gasteiger partial charge in [0.15, 0.2) is 0 Å². The summed E-state index contributed by atoms with van der Waals surface area (Å²) < 4.78 is 0. The summed E-state index contributed by atoms with van der Waals surface area (Å²) in [6.45, 7) is 3.94. The van der Waals surface area contributed by atoms with Crippen LogP contribution < -0.4 is 5.73 Å². The second-order valence-electron chi connectivity index (χ2n) is 4.59. The fourth-order valence-electron chi connectivity index (χ4n) is 2.39. The molecule has 2 nitrogen and oxygen atoms in total. The van der Waals surface area contributed by atoms with E-state index in [1.165, 1.54) is 5.75 Å². The van der Waals surface area contributed by atoms with Gasteiger partial charge in [0.05, 0.1) is 10.0 Å². The van der Waals surface area contributed by atoms with Crippen LogP contribution in [0, 0.1) is 0 Å². The molecule has 1 aromatic carbocycles. The zero-order valence-electron chi connectivity index (χ0n) is 10.4. The first kappa shape index (κ1) is 14.5. The Morgan fingerprint density at radius 3 is 2.83 bits per heavy atom. The van der Waals surface area contributed by atoms with Gasteiger partial charge in [0.2, 0.25) is 0 Å². The van der Waals surface area contributed by atoms with Gasteiger partial charge >= 0.3 is 0 Å². The van der Waals surface area contributed by atoms with E-state index in [9.17, 15) is 0 Å². The summed E-state index contributed by atoms with van der Waals surface area (Å²) in [5.74, 6) is 2.33. The van der Waals surface area contributed by atoms with Gasteiger partial charge in [-0.3, -0.25) is 4.90 Å². The second kappa shape index (κ2) is 6.49. The van der Waals surface area contributed by atoms with Crippen LogP contribution in [0.15, 0.2) is 18.2 Å². The van der Waals surface area contributed by atoms with Crippen LogP contribution in [-0.4, -0.2) is 35.5 Å². The van der Waals surface area contributed by atoms with E-state index in [0.29, 0.717) is 22.6 Å². The number of benzene rings is 1. The molecule has 2 unspecified atom stereocenters. The molecule has 1 aliphatic rings. The summed E-state index contributed by atoms with van der Waals surface area (Å²) in [5, 5.41) is 1.20. The number of nitrogens with zero attached hydrogens (tertiary/aromatic N) is 1. The van der Waals surface area contributed by atoms with Gasteiger partial charge in [-0.05, 0) is 24.6 Å². The summed E-state index contributed by atoms with van der Waals surface area (Å²) in [7, 11) is 0. The monoisotopic (exact) mass is 304 g/mol. The molecule has 2 atom stereocenters. The van der Waals surface area contributed by atoms with Crippen molar-refractivity contribution in [2.75, 3.05) is 24.6 Å². The van der Waals surface area contributed by atoms with Crippen LogP contribution in [0.3, 0.4) is 0 Å². The lowest BCUT2D eigenvalue weighted by atomic mass is 10.0. The molecule has 2 N–H and O–H groups in total. The molecule has 1 aliphatic heterocycles. The Labute approximate surface area is 123 Å². The number of hydrogen-bond acceptors (Lipinski definition) is 3. The summed E-state index contributed by atoms with van der Waals surface area (Å²) in [5.41, 5.74) is 7.12. The average molecular weight is 305 g/mol. The van der Waals surface area contributed by atoms with Gasteiger partial charge < -0.3 is 5.73 Å². The fourth-order valence-corrected chi connectivity index (χ4v) is 3.73. The lowest BCUT2D eigenvalue weighted by Gasteiger charge is -2.39. The number of thioether (sulfide) groups is 1. The Bertz CT molecular complexity index is 414. The second-order valence-corrected chi connectivity index (χ2v) is 6.55. The van der Waals surface area contributed by atoms with Crippen molar-refractivity contribution >= 4 is 35.0 Å². The molecule has 0 spiro atoms. The van der Waals surface area contributed by atoms with E-state index >= 15 is 0 Å². The zero-order valence-corrected chi connectivity index (χ0v) is 12.7. The van der Waals surface area contributed by atoms with Crippen molar-refractivity contribution in [1.82, 2.24) is 4.90 Å². The van der Waals surface area contributed by atoms with Crippen molar-refractivity contribution < 1.29 is 0 Å². The first-order valence-electron chi connectivity index (χ1n) is 6.12. The number of hydrogen-bond donors (Lipinski definition) is 1. The number of halogens is 2. The molecule has 100 valence electrons. The third-order valence-electron chi connectivity index (χ3n) is 3.37. The van der Waals surface area contributed by atoms with E-state index < -0.39 is 0 Å². The molecule has 1 saturated heterocycles. The van der Waals surface area contributed by atoms with Crippen molar-refractivity contribution in [2.45, 2.75) is 19.0 Å². The fraction of sp³-hybridized carbons (Fsp3) is 0.538. The molecule has 0 aromatic heterocycles. The van der Waals surface area contributed by atoms with E-state index in [1.54, 1.807) is 0 Å². The van der Waals surface area contributed by atoms with Crippen LogP contribution in [0.2, 0.25) is 10.0 Å². The highest BCUT2D eigenvalue weighted by Crippen LogP contribution is 2.31. The van der Waals surface area contributed by atoms with Crippen LogP contribution >= 0.6 is 35.0 Å². The van der Waals surface area contributed by atoms with Crippen LogP contribution in [0.5, 0.6) is 0 Å². The maximum absolute atomic E-state index is 6.09. The lowest BCUT2D eigenvalue weighted by molar-refractivity contribution is 0.166. The summed E-state index contributed by atoms with van der Waals surface area (Å²) in [4.78, 5) is 2.47. The van der Waals surface area contributed by atoms with Gasteiger partial charge in [0.25, 0.3) is 0 Å². The Hall–Kier alpha value is 0.0700. The summed E-state index contributed by atoms with van der Waals surface area (Å²) >= 11 is 14.1. The first-order chi connectivity index (χ1) is 8.63. The van der Waals surface area contributed by atoms with E-state index in [4.69, 9.17) is 28.9 Å². The van der Waals surface area contributed by atoms with Crippen molar-refractivity contribution in [1.29, 1.82) is 0 Å². The van der Waals surface area contributed by atoms with Crippen LogP contribution in [0.25, 0.3) is 0 Å². The van der Waals surface area contributed by atoms with Crippen LogP contribution in [0.1, 0.15) is 18.5 Å². The molecule has 1 heterocycles. The summed E-state index contributed by atoms with van der Waals surface area (Å²) in [6.07, 6.45) is 0. The molecule has 0 amide bonds. The smallest absolute Gasteiger partial charge is 0.0595 e. The highest BCUT2D eigenvalue weighted by molar-refractivity contribution is 7.99. The van der Waals surface area contributed by atoms with Gasteiger partial charge in [-0.25, -0.2) is 0 Å². The topological polar surface area (TPSA) is 29.3 Å². The molecule has 2 rings (SSSR count). The molecule has 0 radical (unpaired) electrons. The zero-order chi connectivity index (χ0) is 13.1. The Balaban J connectivity index is 2.23. The van der Waals surface area contributed by atoms with Crippen molar-refractivity contribution in [3.8, 4) is 0 Å². The highest BCUT2D eigenvalue weighted by atomic mass is 35.5. The van der Waals surface area contributed by atoms with Crippen molar-refractivity contribution in [3.63, 3.8) is 0 Å². The average Bonchev–Trinajstić information content (AvgIpc) is 2.37. The Morgan fingerprint density at radius 2 is 2.22 bits per heavy atom. The van der Waals surface area contributed by atoms with Gasteiger partial charge in [-0.1, -0.05) is 29.3 Å². The van der Waals surface area contributed by atoms with E-state index in [-0.39, 0.29) is 6.04 Å². The largest absolute Gasteiger partial charge is 0.329 e. The predicted molar refractivity (Wildman–Crippen MR) is 81.8 cm³/mol. The molecular formula is C13H18Cl2N2S. The molecule has 1 aromatic rings. The molecule has 0 bridgehead atoms. The van der Waals surface area contributed by atoms with E-state index in [0.717, 1.165) is 17.9 Å². The molecule has 1 fully saturated rings. The SMILES string of the molecule is CC1CSCCN1C(CN)c1ccc(Cl)c(Cl)c1. The van der Waals surface area contributed by atoms with Crippen molar-refractivity contribution in [2.24, 2.45) is 5.73 Å². The maximum atomic E-state index is 6.09. The normalized spacial score (nSPS) is 23.0. The molecule has 18 heavy (non-hydrogen) atoms. The lowest BCUT2D eigenvalue weighted by Crippen LogP contribution is -2.45. The van der Waals surface area contributed by atoms with Crippen LogP contribution in [0.4, 0.5) is 0 Å². The predicted octanol–water partition coefficient (Wildman–Crippen LogP) is 3.43. The third kappa shape index (κ3) is 3.14. The molecular weight excluding hydrogens is 287 g/mol. The number of rotatable bonds is 3. The number of nitrogens with two attached hydrogens (primary N) is 1.